The number of nitrogens with zero attached hydrogens (tertiary/aromatic N) is 1. The van der Waals surface area contributed by atoms with Crippen LogP contribution in [0.5, 0.6) is 0 Å². The smallest absolute Gasteiger partial charge is 0.330 e. The van der Waals surface area contributed by atoms with Gasteiger partial charge in [0.2, 0.25) is 0 Å². The van der Waals surface area contributed by atoms with Crippen LogP contribution in [0.3, 0.4) is 0 Å². The molecule has 1 saturated heterocycles. The number of rotatable bonds is 3. The van der Waals surface area contributed by atoms with Gasteiger partial charge in [0.25, 0.3) is 5.56 Å². The number of aliphatic hydroxyl groups excluding tert-OH is 2. The lowest BCUT2D eigenvalue weighted by Crippen LogP contribution is -2.50. The summed E-state index contributed by atoms with van der Waals surface area (Å²) in [5, 5.41) is 28.8. The van der Waals surface area contributed by atoms with Crippen molar-refractivity contribution < 1.29 is 24.4 Å². The number of aromatic amines is 1. The lowest BCUT2D eigenvalue weighted by molar-refractivity contribution is -0.121. The molecule has 106 valence electrons. The first-order valence-electron chi connectivity index (χ1n) is 5.48. The topological polar surface area (TPSA) is 125 Å². The Morgan fingerprint density at radius 3 is 2.74 bits per heavy atom. The summed E-state index contributed by atoms with van der Waals surface area (Å²) in [4.78, 5) is 24.4. The molecule has 4 N–H and O–H groups in total. The number of aromatic nitrogens is 2. The summed E-state index contributed by atoms with van der Waals surface area (Å²) in [7, 11) is 0. The van der Waals surface area contributed by atoms with Crippen LogP contribution in [-0.2, 0) is 4.74 Å². The monoisotopic (exact) mass is 276 g/mol. The molecule has 3 unspecified atom stereocenters. The van der Waals surface area contributed by atoms with E-state index < -0.39 is 48.6 Å². The van der Waals surface area contributed by atoms with E-state index in [0.717, 1.165) is 16.8 Å². The van der Waals surface area contributed by atoms with E-state index in [1.54, 1.807) is 0 Å². The van der Waals surface area contributed by atoms with E-state index in [4.69, 9.17) is 9.84 Å². The summed E-state index contributed by atoms with van der Waals surface area (Å²) in [5.41, 5.74) is -3.97. The van der Waals surface area contributed by atoms with Crippen molar-refractivity contribution in [3.05, 3.63) is 33.1 Å². The summed E-state index contributed by atoms with van der Waals surface area (Å²) in [5.74, 6) is 0. The van der Waals surface area contributed by atoms with Crippen molar-refractivity contribution in [2.75, 3.05) is 13.3 Å². The van der Waals surface area contributed by atoms with Crippen molar-refractivity contribution in [2.24, 2.45) is 0 Å². The molecule has 4 atom stereocenters. The summed E-state index contributed by atoms with van der Waals surface area (Å²) in [6.45, 7) is -2.04. The van der Waals surface area contributed by atoms with Gasteiger partial charge in [-0.05, 0) is 0 Å². The van der Waals surface area contributed by atoms with Crippen molar-refractivity contribution in [2.45, 2.75) is 24.0 Å². The molecule has 8 nitrogen and oxygen atoms in total. The van der Waals surface area contributed by atoms with Gasteiger partial charge in [0, 0.05) is 12.3 Å². The van der Waals surface area contributed by atoms with E-state index >= 15 is 0 Å². The molecule has 9 heteroatoms. The Hall–Kier alpha value is -1.55. The summed E-state index contributed by atoms with van der Waals surface area (Å²) < 4.78 is 18.9. The number of nitrogens with one attached hydrogen (secondary N) is 1. The molecule has 2 heterocycles. The van der Waals surface area contributed by atoms with Crippen molar-refractivity contribution in [1.82, 2.24) is 9.55 Å². The number of H-pyrrole nitrogens is 1. The molecule has 0 radical (unpaired) electrons. The van der Waals surface area contributed by atoms with Crippen molar-refractivity contribution in [3.63, 3.8) is 0 Å². The van der Waals surface area contributed by atoms with Crippen LogP contribution in [0.2, 0.25) is 0 Å². The van der Waals surface area contributed by atoms with Crippen LogP contribution in [0, 0.1) is 0 Å². The fourth-order valence-corrected chi connectivity index (χ4v) is 2.03. The first-order chi connectivity index (χ1) is 8.93. The Balaban J connectivity index is 2.48. The quantitative estimate of drug-likeness (QED) is 0.483. The molecule has 1 aromatic rings. The highest BCUT2D eigenvalue weighted by atomic mass is 19.1. The lowest BCUT2D eigenvalue weighted by Gasteiger charge is -2.28. The summed E-state index contributed by atoms with van der Waals surface area (Å²) >= 11 is 0. The Kier molecular flexibility index (Phi) is 3.54. The molecule has 0 aromatic carbocycles. The fraction of sp³-hybridized carbons (Fsp3) is 0.600. The zero-order chi connectivity index (χ0) is 14.2. The molecule has 19 heavy (non-hydrogen) atoms. The maximum absolute atomic E-state index is 13.0. The number of halogens is 1. The highest BCUT2D eigenvalue weighted by Gasteiger charge is 2.56. The highest BCUT2D eigenvalue weighted by Crippen LogP contribution is 2.37. The van der Waals surface area contributed by atoms with Crippen molar-refractivity contribution >= 4 is 0 Å². The standard InChI is InChI=1S/C10H13FN2O6/c11-4-10(18)7(16)5(3-14)19-8(10)13-2-1-6(15)12-9(13)17/h1-2,5,7-8,14,16,18H,3-4H2,(H,12,15,17)/t5?,7-,8?,10?/m0/s1. The molecular weight excluding hydrogens is 263 g/mol. The average Bonchev–Trinajstić information content (AvgIpc) is 2.63. The fourth-order valence-electron chi connectivity index (χ4n) is 2.03. The van der Waals surface area contributed by atoms with Gasteiger partial charge in [-0.25, -0.2) is 9.18 Å². The largest absolute Gasteiger partial charge is 0.394 e. The minimum atomic E-state index is -2.38. The number of hydrogen-bond donors (Lipinski definition) is 4. The van der Waals surface area contributed by atoms with Gasteiger partial charge < -0.3 is 20.1 Å². The van der Waals surface area contributed by atoms with Gasteiger partial charge in [0.15, 0.2) is 11.8 Å². The molecule has 1 fully saturated rings. The van der Waals surface area contributed by atoms with Crippen molar-refractivity contribution in [3.8, 4) is 0 Å². The van der Waals surface area contributed by atoms with Crippen LogP contribution in [0.4, 0.5) is 4.39 Å². The second kappa shape index (κ2) is 4.85. The van der Waals surface area contributed by atoms with Crippen LogP contribution in [0.15, 0.2) is 21.9 Å². The van der Waals surface area contributed by atoms with Crippen LogP contribution in [0.1, 0.15) is 6.23 Å². The van der Waals surface area contributed by atoms with E-state index in [0.29, 0.717) is 0 Å². The molecule has 1 aliphatic rings. The van der Waals surface area contributed by atoms with Gasteiger partial charge in [0.1, 0.15) is 18.9 Å². The van der Waals surface area contributed by atoms with Gasteiger partial charge in [-0.1, -0.05) is 0 Å². The second-order valence-corrected chi connectivity index (χ2v) is 4.30. The predicted octanol–water partition coefficient (Wildman–Crippen LogP) is -2.51. The highest BCUT2D eigenvalue weighted by molar-refractivity contribution is 5.03. The molecule has 0 saturated carbocycles. The van der Waals surface area contributed by atoms with Gasteiger partial charge in [0.05, 0.1) is 6.61 Å². The number of ether oxygens (including phenoxy) is 1. The maximum Gasteiger partial charge on any atom is 0.330 e. The number of alkyl halides is 1. The SMILES string of the molecule is O=c1ccn(C2OC(CO)[C@H](O)C2(O)CF)c(=O)[nH]1. The third-order valence-electron chi connectivity index (χ3n) is 3.09. The van der Waals surface area contributed by atoms with E-state index in [9.17, 15) is 24.2 Å². The van der Waals surface area contributed by atoms with E-state index in [-0.39, 0.29) is 0 Å². The second-order valence-electron chi connectivity index (χ2n) is 4.30. The summed E-state index contributed by atoms with van der Waals surface area (Å²) in [6, 6.07) is 0.988. The molecule has 2 rings (SSSR count). The predicted molar refractivity (Wildman–Crippen MR) is 59.3 cm³/mol. The zero-order valence-corrected chi connectivity index (χ0v) is 9.69. The first kappa shape index (κ1) is 13.9. The Morgan fingerprint density at radius 1 is 1.53 bits per heavy atom. The molecule has 1 aliphatic heterocycles. The van der Waals surface area contributed by atoms with Crippen LogP contribution in [-0.4, -0.2) is 56.0 Å². The first-order valence-corrected chi connectivity index (χ1v) is 5.48. The third kappa shape index (κ3) is 2.10. The average molecular weight is 276 g/mol. The van der Waals surface area contributed by atoms with E-state index in [1.165, 1.54) is 0 Å². The minimum absolute atomic E-state index is 0.655. The zero-order valence-electron chi connectivity index (χ0n) is 9.69. The van der Waals surface area contributed by atoms with Gasteiger partial charge in [-0.3, -0.25) is 14.3 Å². The number of hydrogen-bond acceptors (Lipinski definition) is 6. The lowest BCUT2D eigenvalue weighted by atomic mass is 9.95. The number of aliphatic hydroxyl groups is 3. The van der Waals surface area contributed by atoms with Crippen LogP contribution >= 0.6 is 0 Å². The minimum Gasteiger partial charge on any atom is -0.394 e. The van der Waals surface area contributed by atoms with Gasteiger partial charge >= 0.3 is 5.69 Å². The Bertz CT molecular complexity index is 572. The van der Waals surface area contributed by atoms with Crippen LogP contribution in [0.25, 0.3) is 0 Å². The molecule has 0 bridgehead atoms. The maximum atomic E-state index is 13.0. The Morgan fingerprint density at radius 2 is 2.21 bits per heavy atom. The molecule has 0 spiro atoms. The Labute approximate surface area is 105 Å². The molecular formula is C10H13FN2O6. The summed E-state index contributed by atoms with van der Waals surface area (Å²) in [6.07, 6.45) is -3.47. The van der Waals surface area contributed by atoms with Gasteiger partial charge in [-0.2, -0.15) is 0 Å². The van der Waals surface area contributed by atoms with E-state index in [1.807, 2.05) is 4.98 Å². The van der Waals surface area contributed by atoms with Crippen molar-refractivity contribution in [1.29, 1.82) is 0 Å². The van der Waals surface area contributed by atoms with Crippen LogP contribution < -0.4 is 11.2 Å². The molecule has 0 aliphatic carbocycles. The van der Waals surface area contributed by atoms with Gasteiger partial charge in [-0.15, -0.1) is 0 Å². The van der Waals surface area contributed by atoms with E-state index in [2.05, 4.69) is 0 Å². The molecule has 0 amide bonds. The molecule has 1 aromatic heterocycles. The normalized spacial score (nSPS) is 34.6. The third-order valence-corrected chi connectivity index (χ3v) is 3.09.